The van der Waals surface area contributed by atoms with E-state index in [9.17, 15) is 5.11 Å². The number of aryl methyl sites for hydroxylation is 2. The Labute approximate surface area is 75.6 Å². The van der Waals surface area contributed by atoms with E-state index in [1.165, 1.54) is 0 Å². The number of rotatable bonds is 0. The second kappa shape index (κ2) is 2.92. The smallest absolute Gasteiger partial charge is 0.138 e. The quantitative estimate of drug-likeness (QED) is 0.666. The third kappa shape index (κ3) is 1.44. The number of benzene rings is 1. The Bertz CT molecular complexity index is 268. The van der Waals surface area contributed by atoms with Crippen molar-refractivity contribution in [2.24, 2.45) is 0 Å². The van der Waals surface area contributed by atoms with Crippen LogP contribution in [0.5, 0.6) is 5.75 Å². The lowest BCUT2D eigenvalue weighted by Crippen LogP contribution is -1.82. The molecule has 1 aromatic rings. The summed E-state index contributed by atoms with van der Waals surface area (Å²) in [5, 5.41) is 9.96. The summed E-state index contributed by atoms with van der Waals surface area (Å²) < 4.78 is 0. The van der Waals surface area contributed by atoms with E-state index in [4.69, 9.17) is 23.2 Å². The summed E-state index contributed by atoms with van der Waals surface area (Å²) in [6, 6.07) is 1.80. The Morgan fingerprint density at radius 3 is 2.18 bits per heavy atom. The zero-order valence-corrected chi connectivity index (χ0v) is 7.79. The van der Waals surface area contributed by atoms with Crippen molar-refractivity contribution in [2.45, 2.75) is 13.8 Å². The second-order valence-electron chi connectivity index (χ2n) is 2.49. The minimum atomic E-state index is 0.0715. The predicted octanol–water partition coefficient (Wildman–Crippen LogP) is 3.32. The highest BCUT2D eigenvalue weighted by Crippen LogP contribution is 2.35. The molecule has 1 rings (SSSR count). The molecule has 0 radical (unpaired) electrons. The Kier molecular flexibility index (Phi) is 2.31. The van der Waals surface area contributed by atoms with E-state index in [0.29, 0.717) is 5.02 Å². The van der Waals surface area contributed by atoms with Gasteiger partial charge in [0.2, 0.25) is 0 Å². The Morgan fingerprint density at radius 1 is 1.09 bits per heavy atom. The van der Waals surface area contributed by atoms with Crippen LogP contribution >= 0.6 is 23.2 Å². The summed E-state index contributed by atoms with van der Waals surface area (Å²) in [5.74, 6) is 0.0715. The van der Waals surface area contributed by atoms with E-state index in [1.54, 1.807) is 13.0 Å². The summed E-state index contributed by atoms with van der Waals surface area (Å²) in [4.78, 5) is 0. The first kappa shape index (κ1) is 8.69. The SMILES string of the molecule is Cc1cc(C)c(Cl)c(Cl)c1O. The van der Waals surface area contributed by atoms with Crippen molar-refractivity contribution in [3.05, 3.63) is 27.2 Å². The summed E-state index contributed by atoms with van der Waals surface area (Å²) in [7, 11) is 0. The fraction of sp³-hybridized carbons (Fsp3) is 0.250. The zero-order chi connectivity index (χ0) is 8.59. The van der Waals surface area contributed by atoms with Crippen molar-refractivity contribution in [2.75, 3.05) is 0 Å². The highest BCUT2D eigenvalue weighted by molar-refractivity contribution is 6.43. The third-order valence-electron chi connectivity index (χ3n) is 1.55. The van der Waals surface area contributed by atoms with E-state index < -0.39 is 0 Å². The van der Waals surface area contributed by atoms with Gasteiger partial charge in [-0.2, -0.15) is 0 Å². The van der Waals surface area contributed by atoms with Crippen LogP contribution in [0.3, 0.4) is 0 Å². The van der Waals surface area contributed by atoms with E-state index in [1.807, 2.05) is 6.92 Å². The van der Waals surface area contributed by atoms with Crippen molar-refractivity contribution in [1.29, 1.82) is 0 Å². The monoisotopic (exact) mass is 190 g/mol. The Hall–Kier alpha value is -0.400. The fourth-order valence-corrected chi connectivity index (χ4v) is 1.35. The van der Waals surface area contributed by atoms with Gasteiger partial charge in [-0.25, -0.2) is 0 Å². The number of hydrogen-bond acceptors (Lipinski definition) is 1. The molecule has 0 aromatic heterocycles. The summed E-state index contributed by atoms with van der Waals surface area (Å²) in [6.07, 6.45) is 0. The van der Waals surface area contributed by atoms with Gasteiger partial charge in [0.15, 0.2) is 0 Å². The van der Waals surface area contributed by atoms with Gasteiger partial charge in [0, 0.05) is 0 Å². The van der Waals surface area contributed by atoms with Gasteiger partial charge in [-0.1, -0.05) is 29.3 Å². The average Bonchev–Trinajstić information content (AvgIpc) is 1.97. The average molecular weight is 191 g/mol. The van der Waals surface area contributed by atoms with Crippen LogP contribution in [0.2, 0.25) is 10.0 Å². The van der Waals surface area contributed by atoms with Gasteiger partial charge in [-0.05, 0) is 25.0 Å². The maximum Gasteiger partial charge on any atom is 0.138 e. The number of halogens is 2. The number of aromatic hydroxyl groups is 1. The molecule has 0 fully saturated rings. The molecule has 0 saturated carbocycles. The van der Waals surface area contributed by atoms with Crippen molar-refractivity contribution in [3.8, 4) is 5.75 Å². The van der Waals surface area contributed by atoms with Gasteiger partial charge in [0.1, 0.15) is 10.8 Å². The molecule has 0 aliphatic heterocycles. The molecule has 0 heterocycles. The van der Waals surface area contributed by atoms with Crippen LogP contribution in [0.15, 0.2) is 6.07 Å². The molecular weight excluding hydrogens is 183 g/mol. The summed E-state index contributed by atoms with van der Waals surface area (Å²) in [5.41, 5.74) is 1.63. The molecule has 0 saturated heterocycles. The first-order chi connectivity index (χ1) is 5.04. The summed E-state index contributed by atoms with van der Waals surface area (Å²) in [6.45, 7) is 3.63. The van der Waals surface area contributed by atoms with E-state index >= 15 is 0 Å². The summed E-state index contributed by atoms with van der Waals surface area (Å²) >= 11 is 11.5. The standard InChI is InChI=1S/C8H8Cl2O/c1-4-3-5(2)8(11)7(10)6(4)9/h3,11H,1-2H3. The van der Waals surface area contributed by atoms with E-state index in [-0.39, 0.29) is 10.8 Å². The van der Waals surface area contributed by atoms with Crippen LogP contribution in [0, 0.1) is 13.8 Å². The molecule has 0 amide bonds. The molecule has 1 N–H and O–H groups in total. The first-order valence-corrected chi connectivity index (χ1v) is 3.93. The van der Waals surface area contributed by atoms with Gasteiger partial charge >= 0.3 is 0 Å². The van der Waals surface area contributed by atoms with E-state index in [0.717, 1.165) is 11.1 Å². The fourth-order valence-electron chi connectivity index (χ4n) is 0.907. The molecule has 0 aliphatic carbocycles. The molecule has 0 aliphatic rings. The van der Waals surface area contributed by atoms with Crippen molar-refractivity contribution >= 4 is 23.2 Å². The van der Waals surface area contributed by atoms with Gasteiger partial charge < -0.3 is 5.11 Å². The van der Waals surface area contributed by atoms with E-state index in [2.05, 4.69) is 0 Å². The topological polar surface area (TPSA) is 20.2 Å². The molecule has 60 valence electrons. The lowest BCUT2D eigenvalue weighted by molar-refractivity contribution is 0.471. The van der Waals surface area contributed by atoms with Crippen LogP contribution < -0.4 is 0 Å². The molecule has 1 nitrogen and oxygen atoms in total. The van der Waals surface area contributed by atoms with Crippen LogP contribution in [0.4, 0.5) is 0 Å². The predicted molar refractivity (Wildman–Crippen MR) is 47.6 cm³/mol. The Balaban J connectivity index is 3.46. The Morgan fingerprint density at radius 2 is 1.64 bits per heavy atom. The van der Waals surface area contributed by atoms with Gasteiger partial charge in [-0.3, -0.25) is 0 Å². The van der Waals surface area contributed by atoms with Crippen molar-refractivity contribution in [3.63, 3.8) is 0 Å². The van der Waals surface area contributed by atoms with Crippen LogP contribution in [-0.2, 0) is 0 Å². The highest BCUT2D eigenvalue weighted by Gasteiger charge is 2.08. The lowest BCUT2D eigenvalue weighted by Gasteiger charge is -2.05. The van der Waals surface area contributed by atoms with Gasteiger partial charge in [-0.15, -0.1) is 0 Å². The third-order valence-corrected chi connectivity index (χ3v) is 2.51. The minimum absolute atomic E-state index is 0.0715. The van der Waals surface area contributed by atoms with Crippen molar-refractivity contribution in [1.82, 2.24) is 0 Å². The second-order valence-corrected chi connectivity index (χ2v) is 3.24. The molecule has 0 bridgehead atoms. The largest absolute Gasteiger partial charge is 0.506 e. The van der Waals surface area contributed by atoms with Gasteiger partial charge in [0.05, 0.1) is 5.02 Å². The minimum Gasteiger partial charge on any atom is -0.506 e. The maximum absolute atomic E-state index is 9.30. The molecule has 0 atom stereocenters. The molecule has 0 unspecified atom stereocenters. The lowest BCUT2D eigenvalue weighted by atomic mass is 10.1. The van der Waals surface area contributed by atoms with Crippen LogP contribution in [0.1, 0.15) is 11.1 Å². The number of hydrogen-bond donors (Lipinski definition) is 1. The normalized spacial score (nSPS) is 10.2. The van der Waals surface area contributed by atoms with Crippen LogP contribution in [0.25, 0.3) is 0 Å². The van der Waals surface area contributed by atoms with Crippen LogP contribution in [-0.4, -0.2) is 5.11 Å². The molecule has 1 aromatic carbocycles. The highest BCUT2D eigenvalue weighted by atomic mass is 35.5. The number of phenolic OH excluding ortho intramolecular Hbond substituents is 1. The zero-order valence-electron chi connectivity index (χ0n) is 6.28. The van der Waals surface area contributed by atoms with Gasteiger partial charge in [0.25, 0.3) is 0 Å². The maximum atomic E-state index is 9.30. The first-order valence-electron chi connectivity index (χ1n) is 3.18. The molecule has 0 spiro atoms. The number of phenols is 1. The van der Waals surface area contributed by atoms with Crippen molar-refractivity contribution < 1.29 is 5.11 Å². The molecular formula is C8H8Cl2O. The molecule has 3 heteroatoms. The molecule has 11 heavy (non-hydrogen) atoms.